The number of anilines is 8. The summed E-state index contributed by atoms with van der Waals surface area (Å²) in [6.45, 7) is 9.10. The third-order valence-corrected chi connectivity index (χ3v) is 30.8. The smallest absolute Gasteiger partial charge is 0.327 e. The highest BCUT2D eigenvalue weighted by Gasteiger charge is 2.62. The summed E-state index contributed by atoms with van der Waals surface area (Å²) in [5.74, 6) is -15.1. The lowest BCUT2D eigenvalue weighted by Gasteiger charge is -2.18. The third kappa shape index (κ3) is 21.2. The van der Waals surface area contributed by atoms with Crippen LogP contribution in [0.5, 0.6) is 0 Å². The standard InChI is InChI=1S/C23H24F2N6O3S.C18H18F2N6O2S.C18H20F2N4O2S.C18H19F2N3O3S.C4H5N3O2.C4H8O.CH4/c1-15-3-4-16(5-6-18(32)12-30-14-26-13-27-30)9-19(15)20-7-8-21-22(28-20)29(2)35(33,34)31(21)11-17-10-23(17,24)25;1-11-3-4-12(9-22-24-21)7-14(11)15-5-6-16-17(23-15)25(2)29(27,28)26(16)10-13-8-18(13,19)20;1-11-3-4-12(9-21)7-14(11)15-5-6-16-17(22-15)23(2)27(25,26)24(16)10-13-8-18(13,19)20;1-11-3-4-12(10-24)7-14(11)15-5-6-16-17(21-15)22(2)27(25,26)23(16)9-13-8-18(13,19)20;8-4(9)1-7-3-5-2-6-7;1-2-4-5-3-1;/h3-4,7-9,13-14,17H,5-6,10-12H2,1-2H3;3-7,13H,8-10H2,1-2H3;3-7,13H,8-10,21H2,1-2H3;3-7,13,24H,8-10H2,1-2H3;2-3H,1H2,(H,8,9);1-4H2;1H4. The fraction of sp³-hybridized carbons (Fsp3) is 0.419. The zero-order chi connectivity index (χ0) is 95.3. The van der Waals surface area contributed by atoms with Crippen molar-refractivity contribution in [3.05, 3.63) is 202 Å². The Labute approximate surface area is 763 Å². The number of benzene rings is 4. The minimum atomic E-state index is -3.97. The van der Waals surface area contributed by atoms with Crippen LogP contribution in [0.3, 0.4) is 0 Å². The molecule has 5 aliphatic heterocycles. The summed E-state index contributed by atoms with van der Waals surface area (Å²) in [4.78, 5) is 50.5. The van der Waals surface area contributed by atoms with Crippen LogP contribution in [0, 0.1) is 51.4 Å². The van der Waals surface area contributed by atoms with Gasteiger partial charge in [-0.05, 0) is 170 Å². The Bertz CT molecular complexity index is 6420. The van der Waals surface area contributed by atoms with Crippen molar-refractivity contribution in [3.8, 4) is 45.0 Å². The number of hydrogen-bond acceptors (Lipinski definition) is 22. The van der Waals surface area contributed by atoms with E-state index in [-0.39, 0.29) is 115 Å². The van der Waals surface area contributed by atoms with Crippen LogP contribution in [-0.2, 0) is 94.4 Å². The van der Waals surface area contributed by atoms with Crippen molar-refractivity contribution in [3.63, 3.8) is 0 Å². The lowest BCUT2D eigenvalue weighted by atomic mass is 9.98. The molecule has 19 rings (SSSR count). The summed E-state index contributed by atoms with van der Waals surface area (Å²) in [5, 5.41) is 28.6. The first-order chi connectivity index (χ1) is 62.3. The van der Waals surface area contributed by atoms with Gasteiger partial charge >= 0.3 is 46.8 Å². The molecule has 10 aromatic rings. The second-order valence-electron chi connectivity index (χ2n) is 33.1. The highest BCUT2D eigenvalue weighted by molar-refractivity contribution is 7.95. The molecule has 6 aromatic heterocycles. The quantitative estimate of drug-likeness (QED) is 0.0232. The number of carbonyl (C=O) groups is 2. The molecule has 1 saturated heterocycles. The van der Waals surface area contributed by atoms with Gasteiger partial charge in [-0.25, -0.2) is 109 Å². The number of carboxylic acid groups (broad SMARTS) is 1. The molecule has 133 heavy (non-hydrogen) atoms. The molecule has 5 fully saturated rings. The Morgan fingerprint density at radius 1 is 0.474 bits per heavy atom. The first-order valence-corrected chi connectivity index (χ1v) is 47.2. The van der Waals surface area contributed by atoms with Gasteiger partial charge in [-0.1, -0.05) is 61.1 Å². The van der Waals surface area contributed by atoms with Crippen LogP contribution in [-0.4, -0.2) is 196 Å². The molecular weight excluding hydrogens is 1830 g/mol. The number of nitrogens with two attached hydrogens (primary N) is 1. The number of carboxylic acids is 1. The summed E-state index contributed by atoms with van der Waals surface area (Å²) >= 11 is 0. The zero-order valence-electron chi connectivity index (χ0n) is 72.6. The van der Waals surface area contributed by atoms with E-state index in [1.54, 1.807) is 60.7 Å². The van der Waals surface area contributed by atoms with E-state index < -0.39 is 94.2 Å². The van der Waals surface area contributed by atoms with Crippen molar-refractivity contribution in [1.29, 1.82) is 0 Å². The number of aromatic nitrogens is 10. The largest absolute Gasteiger partial charge is 0.480 e. The second-order valence-corrected chi connectivity index (χ2v) is 40.7. The van der Waals surface area contributed by atoms with Gasteiger partial charge in [0.2, 0.25) is 0 Å². The molecule has 47 heteroatoms. The van der Waals surface area contributed by atoms with Crippen LogP contribution >= 0.6 is 0 Å². The maximum absolute atomic E-state index is 13.5. The number of hydrogen-bond donors (Lipinski definition) is 3. The normalized spacial score (nSPS) is 20.2. The molecule has 9 aliphatic rings. The Balaban J connectivity index is 0.000000143. The maximum atomic E-state index is 13.5. The number of aryl methyl sites for hydroxylation is 5. The summed E-state index contributed by atoms with van der Waals surface area (Å²) in [5.41, 5.74) is 28.1. The molecule has 11 heterocycles. The van der Waals surface area contributed by atoms with E-state index in [4.69, 9.17) is 21.1 Å². The predicted molar refractivity (Wildman–Crippen MR) is 483 cm³/mol. The number of pyridine rings is 4. The van der Waals surface area contributed by atoms with E-state index in [1.807, 2.05) is 88.4 Å². The molecule has 4 aromatic carbocycles. The number of ketones is 1. The molecule has 710 valence electrons. The van der Waals surface area contributed by atoms with Gasteiger partial charge in [0.05, 0.1) is 58.7 Å². The molecule has 35 nitrogen and oxygen atoms in total. The number of aliphatic carboxylic acids is 1. The average Bonchev–Trinajstić information content (AvgIpc) is 1.59. The Kier molecular flexibility index (Phi) is 28.3. The summed E-state index contributed by atoms with van der Waals surface area (Å²) in [6.07, 6.45) is 7.76. The molecule has 4 atom stereocenters. The number of rotatable bonds is 23. The second kappa shape index (κ2) is 38.4. The van der Waals surface area contributed by atoms with Gasteiger partial charge < -0.3 is 20.7 Å². The van der Waals surface area contributed by atoms with Gasteiger partial charge in [-0.3, -0.25) is 9.59 Å². The average molecular weight is 1930 g/mol. The number of carbonyl (C=O) groups excluding carboxylic acids is 1. The number of azide groups is 1. The number of alkyl halides is 8. The van der Waals surface area contributed by atoms with E-state index in [2.05, 4.69) is 50.1 Å². The maximum Gasteiger partial charge on any atom is 0.327 e. The van der Waals surface area contributed by atoms with Gasteiger partial charge in [0, 0.05) is 157 Å². The summed E-state index contributed by atoms with van der Waals surface area (Å²) in [6, 6.07) is 35.9. The highest BCUT2D eigenvalue weighted by Crippen LogP contribution is 2.56. The lowest BCUT2D eigenvalue weighted by molar-refractivity contribution is -0.138. The number of fused-ring (bicyclic) bond motifs is 4. The molecule has 4 saturated carbocycles. The number of Topliss-reactive ketones (excluding diaryl/α,β-unsaturated/α-hetero) is 1. The van der Waals surface area contributed by atoms with Gasteiger partial charge in [0.1, 0.15) is 38.4 Å². The molecular formula is C86H98F8N22O13S4. The Morgan fingerprint density at radius 3 is 1.06 bits per heavy atom. The first-order valence-electron chi connectivity index (χ1n) is 41.6. The van der Waals surface area contributed by atoms with E-state index in [1.165, 1.54) is 75.7 Å². The van der Waals surface area contributed by atoms with Gasteiger partial charge in [-0.2, -0.15) is 43.9 Å². The third-order valence-electron chi connectivity index (χ3n) is 23.7. The van der Waals surface area contributed by atoms with E-state index >= 15 is 0 Å². The molecule has 0 amide bonds. The van der Waals surface area contributed by atoms with Crippen LogP contribution in [0.25, 0.3) is 55.5 Å². The molecule has 0 bridgehead atoms. The van der Waals surface area contributed by atoms with Crippen molar-refractivity contribution in [2.75, 3.05) is 102 Å². The minimum Gasteiger partial charge on any atom is -0.480 e. The van der Waals surface area contributed by atoms with Crippen LogP contribution in [0.1, 0.15) is 96.9 Å². The molecule has 4 unspecified atom stereocenters. The highest BCUT2D eigenvalue weighted by atomic mass is 32.2. The SMILES string of the molecule is C.C1CCOC1.Cc1ccc(CCC(=O)Cn2cncn2)cc1-c1ccc2c(n1)N(C)S(=O)(=O)N2CC1CC1(F)F.Cc1ccc(CN)cc1-c1ccc2c(n1)N(C)S(=O)(=O)N2CC1CC1(F)F.Cc1ccc(CN=[N+]=[N-])cc1-c1ccc2c(n1)N(C)S(=O)(=O)N2CC1CC1(F)F.Cc1ccc(CO)cc1-c1ccc2c(n1)N(C)S(=O)(=O)N2CC1CC1(F)F.O=C(O)Cn1cncn1. The fourth-order valence-electron chi connectivity index (χ4n) is 15.2. The zero-order valence-corrected chi connectivity index (χ0v) is 75.9. The van der Waals surface area contributed by atoms with Crippen molar-refractivity contribution in [2.45, 2.75) is 143 Å². The van der Waals surface area contributed by atoms with E-state index in [0.717, 1.165) is 114 Å². The van der Waals surface area contributed by atoms with Gasteiger partial charge in [0.25, 0.3) is 23.7 Å². The number of nitrogens with zero attached hydrogens (tertiary/aromatic N) is 21. The lowest BCUT2D eigenvalue weighted by Crippen LogP contribution is -2.37. The fourth-order valence-corrected chi connectivity index (χ4v) is 20.9. The van der Waals surface area contributed by atoms with E-state index in [0.29, 0.717) is 64.9 Å². The molecule has 4 N–H and O–H groups in total. The van der Waals surface area contributed by atoms with Crippen molar-refractivity contribution in [2.24, 2.45) is 34.5 Å². The monoisotopic (exact) mass is 1930 g/mol. The summed E-state index contributed by atoms with van der Waals surface area (Å²) in [7, 11) is -10.2. The van der Waals surface area contributed by atoms with Gasteiger partial charge in [0.15, 0.2) is 29.1 Å². The van der Waals surface area contributed by atoms with Crippen LogP contribution in [0.4, 0.5) is 81.1 Å². The minimum absolute atomic E-state index is 0. The van der Waals surface area contributed by atoms with Crippen molar-refractivity contribution >= 4 is 98.6 Å². The van der Waals surface area contributed by atoms with E-state index in [9.17, 15) is 83.5 Å². The first kappa shape index (κ1) is 98.2. The van der Waals surface area contributed by atoms with Gasteiger partial charge in [-0.15, -0.1) is 0 Å². The molecule has 0 radical (unpaired) electrons. The van der Waals surface area contributed by atoms with Crippen molar-refractivity contribution in [1.82, 2.24) is 49.5 Å². The summed E-state index contributed by atoms with van der Waals surface area (Å²) < 4.78 is 225. The number of halogens is 8. The Morgan fingerprint density at radius 2 is 0.774 bits per heavy atom. The molecule has 0 spiro atoms. The molecule has 4 aliphatic carbocycles. The number of aliphatic hydroxyl groups is 1. The Hall–Kier alpha value is -12.3. The topological polar surface area (TPSA) is 434 Å². The van der Waals surface area contributed by atoms with Crippen molar-refractivity contribution < 1.29 is 93.3 Å². The van der Waals surface area contributed by atoms with Crippen LogP contribution < -0.4 is 40.2 Å². The van der Waals surface area contributed by atoms with Crippen LogP contribution in [0.15, 0.2) is 152 Å². The predicted octanol–water partition coefficient (Wildman–Crippen LogP) is 13.2. The van der Waals surface area contributed by atoms with Crippen LogP contribution in [0.2, 0.25) is 0 Å². The number of aliphatic hydroxyl groups excluding tert-OH is 1. The number of ether oxygens (including phenoxy) is 1.